The van der Waals surface area contributed by atoms with Crippen molar-refractivity contribution in [3.05, 3.63) is 25.3 Å². The maximum atomic E-state index is 10.3. The van der Waals surface area contributed by atoms with Gasteiger partial charge in [0.1, 0.15) is 0 Å². The molecular formula is C24H50O2S. The third kappa shape index (κ3) is 51.7. The summed E-state index contributed by atoms with van der Waals surface area (Å²) in [6.07, 6.45) is 23.7. The van der Waals surface area contributed by atoms with E-state index >= 15 is 0 Å². The Bertz CT molecular complexity index is 272. The van der Waals surface area contributed by atoms with Gasteiger partial charge in [-0.15, -0.1) is 13.2 Å². The molecule has 0 aromatic carbocycles. The summed E-state index contributed by atoms with van der Waals surface area (Å²) in [4.78, 5) is 10.3. The van der Waals surface area contributed by atoms with Crippen LogP contribution in [0.15, 0.2) is 25.3 Å². The van der Waals surface area contributed by atoms with Crippen LogP contribution in [0.5, 0.6) is 0 Å². The lowest BCUT2D eigenvalue weighted by molar-refractivity contribution is -0.137. The van der Waals surface area contributed by atoms with Crippen molar-refractivity contribution in [1.29, 1.82) is 0 Å². The molecule has 164 valence electrons. The fourth-order valence-electron chi connectivity index (χ4n) is 2.65. The third-order valence-electron chi connectivity index (χ3n) is 3.99. The number of hydrogen-bond donors (Lipinski definition) is 1. The summed E-state index contributed by atoms with van der Waals surface area (Å²) in [5.41, 5.74) is 0. The van der Waals surface area contributed by atoms with Crippen molar-refractivity contribution in [2.24, 2.45) is 0 Å². The number of unbranched alkanes of at least 4 members (excludes halogenated alkanes) is 14. The smallest absolute Gasteiger partial charge is 0.303 e. The molecule has 0 spiro atoms. The van der Waals surface area contributed by atoms with Crippen LogP contribution in [0.2, 0.25) is 0 Å². The summed E-state index contributed by atoms with van der Waals surface area (Å²) in [5, 5.41) is 8.52. The molecule has 27 heavy (non-hydrogen) atoms. The summed E-state index contributed by atoms with van der Waals surface area (Å²) >= 11 is 0. The molecule has 1 N–H and O–H groups in total. The Hall–Kier alpha value is -0.700. The topological polar surface area (TPSA) is 37.3 Å². The summed E-state index contributed by atoms with van der Waals surface area (Å²) in [6, 6.07) is 0. The maximum absolute atomic E-state index is 10.3. The van der Waals surface area contributed by atoms with Gasteiger partial charge in [-0.25, -0.2) is 0 Å². The molecule has 0 saturated heterocycles. The Morgan fingerprint density at radius 3 is 1.11 bits per heavy atom. The normalized spacial score (nSPS) is 9.00. The van der Waals surface area contributed by atoms with E-state index in [0.29, 0.717) is 6.42 Å². The monoisotopic (exact) mass is 402 g/mol. The average Bonchev–Trinajstić information content (AvgIpc) is 2.59. The fourth-order valence-corrected chi connectivity index (χ4v) is 2.65. The zero-order valence-electron chi connectivity index (χ0n) is 18.7. The molecule has 0 amide bonds. The van der Waals surface area contributed by atoms with Crippen LogP contribution in [-0.4, -0.2) is 11.1 Å². The van der Waals surface area contributed by atoms with Gasteiger partial charge in [0.25, 0.3) is 0 Å². The van der Waals surface area contributed by atoms with Gasteiger partial charge in [0.15, 0.2) is 0 Å². The zero-order chi connectivity index (χ0) is 20.3. The third-order valence-corrected chi connectivity index (χ3v) is 3.99. The Morgan fingerprint density at radius 2 is 0.889 bits per heavy atom. The van der Waals surface area contributed by atoms with Gasteiger partial charge in [-0.1, -0.05) is 109 Å². The van der Waals surface area contributed by atoms with E-state index in [2.05, 4.69) is 20.1 Å². The quantitative estimate of drug-likeness (QED) is 0.207. The highest BCUT2D eigenvalue weighted by Gasteiger charge is 1.97. The van der Waals surface area contributed by atoms with E-state index < -0.39 is 5.97 Å². The molecule has 0 radical (unpaired) electrons. The summed E-state index contributed by atoms with van der Waals surface area (Å²) in [7, 11) is 0. The van der Waals surface area contributed by atoms with Gasteiger partial charge in [0.05, 0.1) is 0 Å². The zero-order valence-corrected chi connectivity index (χ0v) is 19.7. The van der Waals surface area contributed by atoms with Crippen molar-refractivity contribution in [1.82, 2.24) is 0 Å². The number of hydrogen-bond acceptors (Lipinski definition) is 1. The highest BCUT2D eigenvalue weighted by molar-refractivity contribution is 7.59. The predicted octanol–water partition coefficient (Wildman–Crippen LogP) is 8.83. The molecule has 3 heteroatoms. The molecule has 0 rings (SSSR count). The van der Waals surface area contributed by atoms with Crippen LogP contribution in [0.3, 0.4) is 0 Å². The van der Waals surface area contributed by atoms with Gasteiger partial charge in [0, 0.05) is 6.42 Å². The first kappa shape index (κ1) is 33.9. The van der Waals surface area contributed by atoms with Crippen LogP contribution in [0.1, 0.15) is 124 Å². The van der Waals surface area contributed by atoms with Crippen LogP contribution >= 0.6 is 13.5 Å². The van der Waals surface area contributed by atoms with Gasteiger partial charge in [-0.05, 0) is 20.3 Å². The van der Waals surface area contributed by atoms with E-state index in [9.17, 15) is 4.79 Å². The minimum Gasteiger partial charge on any atom is -0.481 e. The first-order valence-corrected chi connectivity index (χ1v) is 11.0. The maximum Gasteiger partial charge on any atom is 0.303 e. The largest absolute Gasteiger partial charge is 0.481 e. The fraction of sp³-hybridized carbons (Fsp3) is 0.792. The molecule has 0 aromatic heterocycles. The predicted molar refractivity (Wildman–Crippen MR) is 129 cm³/mol. The van der Waals surface area contributed by atoms with E-state index in [1.807, 2.05) is 13.8 Å². The van der Waals surface area contributed by atoms with Crippen LogP contribution in [0.4, 0.5) is 0 Å². The molecule has 0 aromatic rings. The molecule has 0 saturated carbocycles. The highest BCUT2D eigenvalue weighted by Crippen LogP contribution is 2.13. The van der Waals surface area contributed by atoms with Crippen molar-refractivity contribution < 1.29 is 9.90 Å². The van der Waals surface area contributed by atoms with Crippen molar-refractivity contribution in [3.8, 4) is 0 Å². The minimum atomic E-state index is -0.653. The van der Waals surface area contributed by atoms with Gasteiger partial charge in [0.2, 0.25) is 0 Å². The van der Waals surface area contributed by atoms with E-state index in [1.54, 1.807) is 12.2 Å². The first-order valence-electron chi connectivity index (χ1n) is 11.0. The van der Waals surface area contributed by atoms with Crippen LogP contribution in [0.25, 0.3) is 0 Å². The molecule has 0 aliphatic rings. The molecule has 0 unspecified atom stereocenters. The standard InChI is InChI=1S/C18H36O2.2C3H6.H2S/c1-2-3-4-5-6-7-8-9-10-11-12-13-14-15-16-17-18(19)20;2*1-3-2;/h2-17H2,1H3,(H,19,20);2*3H,1H2,2H3;1H2. The van der Waals surface area contributed by atoms with E-state index in [4.69, 9.17) is 5.11 Å². The second kappa shape index (κ2) is 36.3. The second-order valence-electron chi connectivity index (χ2n) is 6.91. The van der Waals surface area contributed by atoms with Gasteiger partial charge in [-0.2, -0.15) is 13.5 Å². The van der Waals surface area contributed by atoms with Crippen molar-refractivity contribution >= 4 is 19.5 Å². The van der Waals surface area contributed by atoms with Gasteiger partial charge >= 0.3 is 5.97 Å². The number of carboxylic acid groups (broad SMARTS) is 1. The average molecular weight is 403 g/mol. The molecular weight excluding hydrogens is 352 g/mol. The molecule has 0 atom stereocenters. The number of allylic oxidation sites excluding steroid dienone is 2. The molecule has 0 bridgehead atoms. The molecule has 2 nitrogen and oxygen atoms in total. The number of carbonyl (C=O) groups is 1. The van der Waals surface area contributed by atoms with E-state index in [0.717, 1.165) is 12.8 Å². The Kier molecular flexibility index (Phi) is 45.5. The highest BCUT2D eigenvalue weighted by atomic mass is 32.1. The Morgan fingerprint density at radius 1 is 0.667 bits per heavy atom. The summed E-state index contributed by atoms with van der Waals surface area (Å²) in [5.74, 6) is -0.653. The van der Waals surface area contributed by atoms with Crippen molar-refractivity contribution in [2.75, 3.05) is 0 Å². The lowest BCUT2D eigenvalue weighted by Crippen LogP contribution is -1.93. The lowest BCUT2D eigenvalue weighted by atomic mass is 10.0. The number of carboxylic acids is 1. The van der Waals surface area contributed by atoms with Crippen LogP contribution < -0.4 is 0 Å². The summed E-state index contributed by atoms with van der Waals surface area (Å²) in [6.45, 7) is 12.8. The Balaban J connectivity index is -0.000000331. The summed E-state index contributed by atoms with van der Waals surface area (Å²) < 4.78 is 0. The minimum absolute atomic E-state index is 0. The van der Waals surface area contributed by atoms with E-state index in [1.165, 1.54) is 83.5 Å². The van der Waals surface area contributed by atoms with Crippen molar-refractivity contribution in [3.63, 3.8) is 0 Å². The van der Waals surface area contributed by atoms with Gasteiger partial charge in [-0.3, -0.25) is 4.79 Å². The number of rotatable bonds is 16. The lowest BCUT2D eigenvalue weighted by Gasteiger charge is -2.03. The van der Waals surface area contributed by atoms with Crippen LogP contribution in [-0.2, 0) is 4.79 Å². The molecule has 0 aliphatic heterocycles. The first-order chi connectivity index (χ1) is 12.6. The Labute approximate surface area is 178 Å². The van der Waals surface area contributed by atoms with E-state index in [-0.39, 0.29) is 13.5 Å². The van der Waals surface area contributed by atoms with Crippen LogP contribution in [0, 0.1) is 0 Å². The number of aliphatic carboxylic acids is 1. The second-order valence-corrected chi connectivity index (χ2v) is 6.91. The molecule has 0 heterocycles. The van der Waals surface area contributed by atoms with Gasteiger partial charge < -0.3 is 5.11 Å². The molecule has 0 fully saturated rings. The van der Waals surface area contributed by atoms with Crippen molar-refractivity contribution in [2.45, 2.75) is 124 Å². The molecule has 0 aliphatic carbocycles. The SMILES string of the molecule is C=CC.C=CC.CCCCCCCCCCCCCCCCCC(=O)O.S.